The zero-order valence-corrected chi connectivity index (χ0v) is 17.2. The van der Waals surface area contributed by atoms with Crippen molar-refractivity contribution in [2.24, 2.45) is 0 Å². The number of carboxylic acid groups (broad SMARTS) is 1. The van der Waals surface area contributed by atoms with E-state index in [1.54, 1.807) is 27.0 Å². The Morgan fingerprint density at radius 2 is 2.03 bits per heavy atom. The molecular weight excluding hydrogens is 376 g/mol. The quantitative estimate of drug-likeness (QED) is 0.704. The second-order valence-electron chi connectivity index (χ2n) is 8.69. The summed E-state index contributed by atoms with van der Waals surface area (Å²) >= 11 is 0. The first-order valence-electron chi connectivity index (χ1n) is 9.32. The molecule has 1 amide bonds. The predicted molar refractivity (Wildman–Crippen MR) is 106 cm³/mol. The van der Waals surface area contributed by atoms with Crippen LogP contribution in [0.25, 0.3) is 11.4 Å². The lowest BCUT2D eigenvalue weighted by Crippen LogP contribution is -2.34. The number of fused-ring (bicyclic) bond motifs is 3. The highest BCUT2D eigenvalue weighted by Gasteiger charge is 2.40. The van der Waals surface area contributed by atoms with E-state index in [9.17, 15) is 14.7 Å². The second-order valence-corrected chi connectivity index (χ2v) is 8.69. The number of aromatic nitrogens is 4. The minimum atomic E-state index is -1.09. The van der Waals surface area contributed by atoms with E-state index >= 15 is 0 Å². The number of hydrogen-bond donors (Lipinski definition) is 3. The Morgan fingerprint density at radius 1 is 1.34 bits per heavy atom. The number of nitrogens with one attached hydrogen (secondary N) is 1. The maximum absolute atomic E-state index is 12.1. The van der Waals surface area contributed by atoms with Crippen LogP contribution in [0.4, 0.5) is 10.7 Å². The standard InChI is InChI=1S/C19H26N6O4/c1-18(2,3)29-17(28)21-6-7-25-14(15(26)27)11-13(24-25)12-10(8-19(11,4)5)9-22-16(20)23-12/h9H,6-8H2,1-5H3,(H,21,28)(H,26,27)(H2,20,22,23). The minimum Gasteiger partial charge on any atom is -0.477 e. The third kappa shape index (κ3) is 4.15. The molecule has 1 aliphatic carbocycles. The number of carboxylic acids is 1. The smallest absolute Gasteiger partial charge is 0.407 e. The van der Waals surface area contributed by atoms with Gasteiger partial charge in [0.1, 0.15) is 11.3 Å². The molecule has 2 heterocycles. The number of hydrogen-bond acceptors (Lipinski definition) is 7. The van der Waals surface area contributed by atoms with E-state index in [1.165, 1.54) is 4.68 Å². The summed E-state index contributed by atoms with van der Waals surface area (Å²) in [5, 5.41) is 17.0. The molecule has 3 rings (SSSR count). The average molecular weight is 402 g/mol. The monoisotopic (exact) mass is 402 g/mol. The fourth-order valence-corrected chi connectivity index (χ4v) is 3.55. The number of ether oxygens (including phenoxy) is 1. The van der Waals surface area contributed by atoms with E-state index in [1.807, 2.05) is 13.8 Å². The fraction of sp³-hybridized carbons (Fsp3) is 0.526. The molecule has 2 aromatic heterocycles. The number of carbonyl (C=O) groups is 2. The normalized spacial score (nSPS) is 14.7. The van der Waals surface area contributed by atoms with Crippen LogP contribution in [0.2, 0.25) is 0 Å². The molecule has 10 heteroatoms. The Morgan fingerprint density at radius 3 is 2.66 bits per heavy atom. The van der Waals surface area contributed by atoms with Gasteiger partial charge in [-0.05, 0) is 38.2 Å². The van der Waals surface area contributed by atoms with Crippen LogP contribution >= 0.6 is 0 Å². The van der Waals surface area contributed by atoms with Crippen molar-refractivity contribution >= 4 is 18.0 Å². The minimum absolute atomic E-state index is 0.0822. The molecule has 29 heavy (non-hydrogen) atoms. The molecule has 4 N–H and O–H groups in total. The van der Waals surface area contributed by atoms with Gasteiger partial charge in [-0.1, -0.05) is 13.8 Å². The lowest BCUT2D eigenvalue weighted by Gasteiger charge is -2.30. The molecule has 0 radical (unpaired) electrons. The molecule has 0 atom stereocenters. The van der Waals surface area contributed by atoms with Crippen LogP contribution in [0.3, 0.4) is 0 Å². The summed E-state index contributed by atoms with van der Waals surface area (Å²) in [5.74, 6) is -0.984. The van der Waals surface area contributed by atoms with Crippen molar-refractivity contribution in [1.29, 1.82) is 0 Å². The molecule has 0 aliphatic heterocycles. The summed E-state index contributed by atoms with van der Waals surface area (Å²) in [6.45, 7) is 9.55. The van der Waals surface area contributed by atoms with E-state index in [0.29, 0.717) is 23.4 Å². The SMILES string of the molecule is CC(C)(C)OC(=O)NCCn1nc2c(c1C(=O)O)C(C)(C)Cc1cnc(N)nc1-2. The van der Waals surface area contributed by atoms with Crippen LogP contribution in [-0.2, 0) is 23.1 Å². The van der Waals surface area contributed by atoms with Crippen LogP contribution in [0, 0.1) is 0 Å². The molecule has 1 aliphatic rings. The molecule has 0 unspecified atom stereocenters. The van der Waals surface area contributed by atoms with Crippen LogP contribution in [0.15, 0.2) is 6.20 Å². The van der Waals surface area contributed by atoms with Gasteiger partial charge in [0.15, 0.2) is 5.69 Å². The molecule has 156 valence electrons. The van der Waals surface area contributed by atoms with Gasteiger partial charge in [0.05, 0.1) is 12.2 Å². The molecule has 0 bridgehead atoms. The van der Waals surface area contributed by atoms with Crippen LogP contribution < -0.4 is 11.1 Å². The lowest BCUT2D eigenvalue weighted by atomic mass is 9.73. The van der Waals surface area contributed by atoms with Gasteiger partial charge in [-0.25, -0.2) is 19.6 Å². The summed E-state index contributed by atoms with van der Waals surface area (Å²) in [7, 11) is 0. The van der Waals surface area contributed by atoms with Gasteiger partial charge in [0, 0.05) is 18.3 Å². The first-order chi connectivity index (χ1) is 13.4. The zero-order valence-electron chi connectivity index (χ0n) is 17.2. The van der Waals surface area contributed by atoms with Crippen molar-refractivity contribution < 1.29 is 19.4 Å². The first-order valence-corrected chi connectivity index (χ1v) is 9.32. The Labute approximate surface area is 168 Å². The van der Waals surface area contributed by atoms with Gasteiger partial charge >= 0.3 is 12.1 Å². The van der Waals surface area contributed by atoms with Crippen LogP contribution in [-0.4, -0.2) is 49.1 Å². The van der Waals surface area contributed by atoms with Crippen molar-refractivity contribution in [2.75, 3.05) is 12.3 Å². The largest absolute Gasteiger partial charge is 0.477 e. The van der Waals surface area contributed by atoms with E-state index in [0.717, 1.165) is 5.56 Å². The Bertz CT molecular complexity index is 974. The summed E-state index contributed by atoms with van der Waals surface area (Å²) < 4.78 is 6.59. The highest BCUT2D eigenvalue weighted by Crippen LogP contribution is 2.43. The van der Waals surface area contributed by atoms with Gasteiger partial charge in [-0.3, -0.25) is 4.68 Å². The molecule has 0 saturated carbocycles. The van der Waals surface area contributed by atoms with E-state index < -0.39 is 23.1 Å². The number of alkyl carbamates (subject to hydrolysis) is 1. The molecule has 0 aromatic carbocycles. The van der Waals surface area contributed by atoms with Crippen LogP contribution in [0.5, 0.6) is 0 Å². The number of anilines is 1. The number of carbonyl (C=O) groups excluding carboxylic acids is 1. The molecule has 2 aromatic rings. The molecule has 0 saturated heterocycles. The zero-order chi connectivity index (χ0) is 21.6. The first kappa shape index (κ1) is 20.6. The molecule has 10 nitrogen and oxygen atoms in total. The van der Waals surface area contributed by atoms with E-state index in [-0.39, 0.29) is 24.7 Å². The van der Waals surface area contributed by atoms with Gasteiger partial charge in [-0.2, -0.15) is 5.10 Å². The number of aromatic carboxylic acids is 1. The molecule has 0 spiro atoms. The average Bonchev–Trinajstić information content (AvgIpc) is 2.95. The van der Waals surface area contributed by atoms with Crippen molar-refractivity contribution in [3.05, 3.63) is 23.0 Å². The third-order valence-corrected chi connectivity index (χ3v) is 4.56. The molecular formula is C19H26N6O4. The Kier molecular flexibility index (Phi) is 4.97. The third-order valence-electron chi connectivity index (χ3n) is 4.56. The maximum atomic E-state index is 12.1. The van der Waals surface area contributed by atoms with Crippen molar-refractivity contribution in [2.45, 2.75) is 58.6 Å². The summed E-state index contributed by atoms with van der Waals surface area (Å²) in [5.41, 5.74) is 7.23. The van der Waals surface area contributed by atoms with Gasteiger partial charge in [0.25, 0.3) is 0 Å². The topological polar surface area (TPSA) is 145 Å². The number of rotatable bonds is 4. The summed E-state index contributed by atoms with van der Waals surface area (Å²) in [6, 6.07) is 0. The van der Waals surface area contributed by atoms with E-state index in [4.69, 9.17) is 10.5 Å². The van der Waals surface area contributed by atoms with Crippen molar-refractivity contribution in [1.82, 2.24) is 25.1 Å². The Hall–Kier alpha value is -3.17. The number of amides is 1. The number of nitrogens with zero attached hydrogens (tertiary/aromatic N) is 4. The maximum Gasteiger partial charge on any atom is 0.407 e. The molecule has 0 fully saturated rings. The predicted octanol–water partition coefficient (Wildman–Crippen LogP) is 1.98. The van der Waals surface area contributed by atoms with Crippen molar-refractivity contribution in [3.8, 4) is 11.4 Å². The lowest BCUT2D eigenvalue weighted by molar-refractivity contribution is 0.0525. The highest BCUT2D eigenvalue weighted by atomic mass is 16.6. The van der Waals surface area contributed by atoms with Gasteiger partial charge in [0.2, 0.25) is 5.95 Å². The fourth-order valence-electron chi connectivity index (χ4n) is 3.55. The second kappa shape index (κ2) is 7.02. The summed E-state index contributed by atoms with van der Waals surface area (Å²) in [4.78, 5) is 32.3. The summed E-state index contributed by atoms with van der Waals surface area (Å²) in [6.07, 6.45) is 1.65. The number of nitrogens with two attached hydrogens (primary N) is 1. The van der Waals surface area contributed by atoms with Gasteiger partial charge in [-0.15, -0.1) is 0 Å². The number of nitrogen functional groups attached to an aromatic ring is 1. The Balaban J connectivity index is 1.95. The van der Waals surface area contributed by atoms with Gasteiger partial charge < -0.3 is 20.9 Å². The van der Waals surface area contributed by atoms with Crippen molar-refractivity contribution in [3.63, 3.8) is 0 Å². The highest BCUT2D eigenvalue weighted by molar-refractivity contribution is 5.91. The van der Waals surface area contributed by atoms with Crippen LogP contribution in [0.1, 0.15) is 56.2 Å². The van der Waals surface area contributed by atoms with E-state index in [2.05, 4.69) is 20.4 Å².